The van der Waals surface area contributed by atoms with Crippen molar-refractivity contribution in [2.75, 3.05) is 6.54 Å². The zero-order valence-electron chi connectivity index (χ0n) is 13.1. The molecule has 0 bridgehead atoms. The van der Waals surface area contributed by atoms with Crippen molar-refractivity contribution >= 4 is 5.97 Å². The average molecular weight is 277 g/mol. The van der Waals surface area contributed by atoms with Gasteiger partial charge < -0.3 is 5.11 Å². The van der Waals surface area contributed by atoms with Crippen molar-refractivity contribution in [1.82, 2.24) is 4.90 Å². The summed E-state index contributed by atoms with van der Waals surface area (Å²) in [6, 6.07) is 8.83. The van der Waals surface area contributed by atoms with E-state index in [-0.39, 0.29) is 12.6 Å². The summed E-state index contributed by atoms with van der Waals surface area (Å²) < 4.78 is 0. The first-order valence-electron chi connectivity index (χ1n) is 7.46. The summed E-state index contributed by atoms with van der Waals surface area (Å²) in [7, 11) is 0. The van der Waals surface area contributed by atoms with Crippen LogP contribution < -0.4 is 0 Å². The van der Waals surface area contributed by atoms with Crippen LogP contribution in [0.25, 0.3) is 0 Å². The lowest BCUT2D eigenvalue weighted by Gasteiger charge is -2.26. The van der Waals surface area contributed by atoms with Gasteiger partial charge in [0.1, 0.15) is 0 Å². The SMILES string of the molecule is CCC(C)N(CC(=O)O)Cc1ccc(CC(C)C)cc1. The first kappa shape index (κ1) is 16.7. The summed E-state index contributed by atoms with van der Waals surface area (Å²) in [5.74, 6) is -0.105. The summed E-state index contributed by atoms with van der Waals surface area (Å²) in [5.41, 5.74) is 2.52. The maximum absolute atomic E-state index is 11.0. The Bertz CT molecular complexity index is 412. The quantitative estimate of drug-likeness (QED) is 0.789. The number of hydrogen-bond donors (Lipinski definition) is 1. The lowest BCUT2D eigenvalue weighted by molar-refractivity contribution is -0.139. The molecule has 1 N–H and O–H groups in total. The van der Waals surface area contributed by atoms with Gasteiger partial charge in [-0.15, -0.1) is 0 Å². The van der Waals surface area contributed by atoms with Gasteiger partial charge in [0.25, 0.3) is 0 Å². The van der Waals surface area contributed by atoms with Gasteiger partial charge in [-0.25, -0.2) is 0 Å². The molecule has 1 aromatic carbocycles. The predicted octanol–water partition coefficient (Wildman–Crippen LogP) is 3.57. The summed E-state index contributed by atoms with van der Waals surface area (Å²) in [6.07, 6.45) is 2.04. The van der Waals surface area contributed by atoms with Gasteiger partial charge >= 0.3 is 5.97 Å². The monoisotopic (exact) mass is 277 g/mol. The zero-order valence-corrected chi connectivity index (χ0v) is 13.1. The molecule has 0 amide bonds. The molecular weight excluding hydrogens is 250 g/mol. The van der Waals surface area contributed by atoms with Gasteiger partial charge in [-0.05, 0) is 36.8 Å². The summed E-state index contributed by atoms with van der Waals surface area (Å²) >= 11 is 0. The Kier molecular flexibility index (Phi) is 6.73. The van der Waals surface area contributed by atoms with Crippen LogP contribution in [0.1, 0.15) is 45.2 Å². The van der Waals surface area contributed by atoms with E-state index in [1.165, 1.54) is 11.1 Å². The van der Waals surface area contributed by atoms with Gasteiger partial charge in [0.15, 0.2) is 0 Å². The van der Waals surface area contributed by atoms with Crippen molar-refractivity contribution in [2.45, 2.75) is 53.1 Å². The van der Waals surface area contributed by atoms with Crippen molar-refractivity contribution in [1.29, 1.82) is 0 Å². The van der Waals surface area contributed by atoms with Crippen LogP contribution in [-0.2, 0) is 17.8 Å². The van der Waals surface area contributed by atoms with Crippen molar-refractivity contribution in [3.63, 3.8) is 0 Å². The molecule has 3 heteroatoms. The topological polar surface area (TPSA) is 40.5 Å². The number of carbonyl (C=O) groups is 1. The third-order valence-corrected chi connectivity index (χ3v) is 3.61. The summed E-state index contributed by atoms with van der Waals surface area (Å²) in [5, 5.41) is 9.01. The number of rotatable bonds is 8. The smallest absolute Gasteiger partial charge is 0.317 e. The molecular formula is C17H27NO2. The molecule has 0 aromatic heterocycles. The Labute approximate surface area is 122 Å². The molecule has 0 aliphatic heterocycles. The first-order valence-corrected chi connectivity index (χ1v) is 7.46. The third kappa shape index (κ3) is 5.74. The number of carboxylic acid groups (broad SMARTS) is 1. The van der Waals surface area contributed by atoms with Gasteiger partial charge in [0, 0.05) is 12.6 Å². The molecule has 20 heavy (non-hydrogen) atoms. The molecule has 0 fully saturated rings. The van der Waals surface area contributed by atoms with Crippen LogP contribution in [0.15, 0.2) is 24.3 Å². The molecule has 0 spiro atoms. The van der Waals surface area contributed by atoms with Gasteiger partial charge in [-0.2, -0.15) is 0 Å². The maximum atomic E-state index is 11.0. The van der Waals surface area contributed by atoms with E-state index in [0.717, 1.165) is 12.8 Å². The second kappa shape index (κ2) is 8.05. The molecule has 3 nitrogen and oxygen atoms in total. The highest BCUT2D eigenvalue weighted by atomic mass is 16.4. The molecule has 0 radical (unpaired) electrons. The van der Waals surface area contributed by atoms with Crippen LogP contribution in [0.5, 0.6) is 0 Å². The van der Waals surface area contributed by atoms with E-state index in [1.807, 2.05) is 4.90 Å². The molecule has 0 saturated heterocycles. The van der Waals surface area contributed by atoms with Gasteiger partial charge in [0.2, 0.25) is 0 Å². The van der Waals surface area contributed by atoms with Crippen molar-refractivity contribution in [3.05, 3.63) is 35.4 Å². The Morgan fingerprint density at radius 1 is 1.15 bits per heavy atom. The van der Waals surface area contributed by atoms with Crippen LogP contribution in [0.3, 0.4) is 0 Å². The highest BCUT2D eigenvalue weighted by Crippen LogP contribution is 2.13. The van der Waals surface area contributed by atoms with E-state index < -0.39 is 5.97 Å². The Hall–Kier alpha value is -1.35. The fourth-order valence-corrected chi connectivity index (χ4v) is 2.29. The van der Waals surface area contributed by atoms with Gasteiger partial charge in [-0.1, -0.05) is 45.0 Å². The highest BCUT2D eigenvalue weighted by molar-refractivity contribution is 5.69. The van der Waals surface area contributed by atoms with Crippen molar-refractivity contribution in [2.24, 2.45) is 5.92 Å². The molecule has 112 valence electrons. The van der Waals surface area contributed by atoms with Crippen LogP contribution in [-0.4, -0.2) is 28.6 Å². The largest absolute Gasteiger partial charge is 0.480 e. The van der Waals surface area contributed by atoms with Crippen LogP contribution in [0.4, 0.5) is 0 Å². The van der Waals surface area contributed by atoms with Crippen LogP contribution in [0, 0.1) is 5.92 Å². The Balaban J connectivity index is 2.70. The van der Waals surface area contributed by atoms with E-state index in [2.05, 4.69) is 52.0 Å². The van der Waals surface area contributed by atoms with E-state index in [0.29, 0.717) is 12.5 Å². The minimum absolute atomic E-state index is 0.1000. The van der Waals surface area contributed by atoms with Crippen molar-refractivity contribution in [3.8, 4) is 0 Å². The Morgan fingerprint density at radius 3 is 2.15 bits per heavy atom. The minimum Gasteiger partial charge on any atom is -0.480 e. The fraction of sp³-hybridized carbons (Fsp3) is 0.588. The number of hydrogen-bond acceptors (Lipinski definition) is 2. The molecule has 1 aromatic rings. The number of benzene rings is 1. The molecule has 0 saturated carbocycles. The van der Waals surface area contributed by atoms with Crippen LogP contribution in [0.2, 0.25) is 0 Å². The highest BCUT2D eigenvalue weighted by Gasteiger charge is 2.15. The molecule has 1 unspecified atom stereocenters. The lowest BCUT2D eigenvalue weighted by Crippen LogP contribution is -2.36. The second-order valence-corrected chi connectivity index (χ2v) is 5.97. The predicted molar refractivity (Wildman–Crippen MR) is 82.8 cm³/mol. The zero-order chi connectivity index (χ0) is 15.1. The number of aliphatic carboxylic acids is 1. The fourth-order valence-electron chi connectivity index (χ4n) is 2.29. The third-order valence-electron chi connectivity index (χ3n) is 3.61. The number of carboxylic acids is 1. The minimum atomic E-state index is -0.762. The number of nitrogens with zero attached hydrogens (tertiary/aromatic N) is 1. The second-order valence-electron chi connectivity index (χ2n) is 5.97. The first-order chi connectivity index (χ1) is 9.42. The normalized spacial score (nSPS) is 12.9. The van der Waals surface area contributed by atoms with E-state index in [9.17, 15) is 4.79 Å². The summed E-state index contributed by atoms with van der Waals surface area (Å²) in [4.78, 5) is 13.0. The van der Waals surface area contributed by atoms with Gasteiger partial charge in [-0.3, -0.25) is 9.69 Å². The lowest BCUT2D eigenvalue weighted by atomic mass is 10.0. The van der Waals surface area contributed by atoms with E-state index in [4.69, 9.17) is 5.11 Å². The Morgan fingerprint density at radius 2 is 1.70 bits per heavy atom. The molecule has 0 aliphatic rings. The average Bonchev–Trinajstić information content (AvgIpc) is 2.38. The standard InChI is InChI=1S/C17H27NO2/c1-5-14(4)18(12-17(19)20)11-16-8-6-15(7-9-16)10-13(2)3/h6-9,13-14H,5,10-12H2,1-4H3,(H,19,20). The molecule has 1 atom stereocenters. The molecule has 1 rings (SSSR count). The van der Waals surface area contributed by atoms with Crippen LogP contribution >= 0.6 is 0 Å². The maximum Gasteiger partial charge on any atom is 0.317 e. The van der Waals surface area contributed by atoms with Crippen molar-refractivity contribution < 1.29 is 9.90 Å². The van der Waals surface area contributed by atoms with E-state index in [1.54, 1.807) is 0 Å². The molecule has 0 heterocycles. The molecule has 0 aliphatic carbocycles. The van der Waals surface area contributed by atoms with E-state index >= 15 is 0 Å². The van der Waals surface area contributed by atoms with Gasteiger partial charge in [0.05, 0.1) is 6.54 Å². The summed E-state index contributed by atoms with van der Waals surface area (Å²) in [6.45, 7) is 9.39.